The fraction of sp³-hybridized carbons (Fsp3) is 0.143. The number of sulfone groups is 1. The van der Waals surface area contributed by atoms with Gasteiger partial charge in [-0.25, -0.2) is 8.42 Å². The molecule has 0 spiro atoms. The van der Waals surface area contributed by atoms with Crippen LogP contribution in [-0.2, 0) is 9.84 Å². The summed E-state index contributed by atoms with van der Waals surface area (Å²) in [4.78, 5) is 4.32. The molecule has 27 heavy (non-hydrogen) atoms. The van der Waals surface area contributed by atoms with Gasteiger partial charge in [0.2, 0.25) is 9.84 Å². The summed E-state index contributed by atoms with van der Waals surface area (Å²) in [6, 6.07) is 19.0. The van der Waals surface area contributed by atoms with Crippen LogP contribution in [0.5, 0.6) is 0 Å². The summed E-state index contributed by atoms with van der Waals surface area (Å²) in [5.41, 5.74) is 1.69. The van der Waals surface area contributed by atoms with Crippen molar-refractivity contribution >= 4 is 46.0 Å². The van der Waals surface area contributed by atoms with Gasteiger partial charge in [0, 0.05) is 19.6 Å². The molecule has 3 rings (SSSR count). The lowest BCUT2D eigenvalue weighted by atomic mass is 10.2. The molecular weight excluding hydrogens is 412 g/mol. The van der Waals surface area contributed by atoms with Crippen LogP contribution in [0.3, 0.4) is 0 Å². The highest BCUT2D eigenvalue weighted by Crippen LogP contribution is 2.36. The number of thioether (sulfide) groups is 1. The highest BCUT2D eigenvalue weighted by Gasteiger charge is 2.24. The number of benzene rings is 3. The van der Waals surface area contributed by atoms with Gasteiger partial charge in [-0.1, -0.05) is 23.9 Å². The molecule has 2 nitrogen and oxygen atoms in total. The molecule has 0 aromatic heterocycles. The standard InChI is InChI=1S/C21H20O2S4/c1-14-4-5-15(2)20(12-14)27(22,23)21-13-18(10-11-19(21)25-3)26-17-8-6-16(24)7-9-17/h4-13,24H,1-3H3. The monoisotopic (exact) mass is 432 g/mol. The van der Waals surface area contributed by atoms with Crippen LogP contribution >= 0.6 is 36.2 Å². The van der Waals surface area contributed by atoms with E-state index in [2.05, 4.69) is 12.6 Å². The van der Waals surface area contributed by atoms with E-state index in [0.717, 1.165) is 30.7 Å². The van der Waals surface area contributed by atoms with Crippen molar-refractivity contribution in [2.75, 3.05) is 6.26 Å². The first-order valence-electron chi connectivity index (χ1n) is 8.28. The van der Waals surface area contributed by atoms with Crippen LogP contribution < -0.4 is 0 Å². The molecule has 0 bridgehead atoms. The van der Waals surface area contributed by atoms with Gasteiger partial charge in [0.25, 0.3) is 0 Å². The van der Waals surface area contributed by atoms with Crippen LogP contribution in [-0.4, -0.2) is 14.7 Å². The summed E-state index contributed by atoms with van der Waals surface area (Å²) in [6.07, 6.45) is 1.90. The maximum atomic E-state index is 13.4. The quantitative estimate of drug-likeness (QED) is 0.379. The van der Waals surface area contributed by atoms with E-state index in [1.54, 1.807) is 23.9 Å². The number of thiol groups is 1. The lowest BCUT2D eigenvalue weighted by molar-refractivity contribution is 0.593. The second-order valence-electron chi connectivity index (χ2n) is 6.18. The minimum Gasteiger partial charge on any atom is -0.218 e. The van der Waals surface area contributed by atoms with Crippen LogP contribution in [0.15, 0.2) is 90.0 Å². The van der Waals surface area contributed by atoms with Gasteiger partial charge in [-0.05, 0) is 79.8 Å². The average molecular weight is 433 g/mol. The Kier molecular flexibility index (Phi) is 6.31. The van der Waals surface area contributed by atoms with Crippen LogP contribution in [0.1, 0.15) is 11.1 Å². The van der Waals surface area contributed by atoms with E-state index in [1.165, 1.54) is 11.8 Å². The van der Waals surface area contributed by atoms with E-state index in [1.807, 2.05) is 68.6 Å². The average Bonchev–Trinajstić information content (AvgIpc) is 2.65. The molecule has 0 atom stereocenters. The van der Waals surface area contributed by atoms with Crippen molar-refractivity contribution in [1.29, 1.82) is 0 Å². The Labute approximate surface area is 175 Å². The molecule has 0 aliphatic carbocycles. The van der Waals surface area contributed by atoms with Crippen LogP contribution in [0.2, 0.25) is 0 Å². The minimum atomic E-state index is -3.60. The van der Waals surface area contributed by atoms with Crippen LogP contribution in [0, 0.1) is 13.8 Å². The smallest absolute Gasteiger partial charge is 0.208 e. The Morgan fingerprint density at radius 3 is 2.15 bits per heavy atom. The van der Waals surface area contributed by atoms with Crippen molar-refractivity contribution in [2.45, 2.75) is 43.2 Å². The van der Waals surface area contributed by atoms with E-state index in [-0.39, 0.29) is 0 Å². The molecule has 0 unspecified atom stereocenters. The lowest BCUT2D eigenvalue weighted by Gasteiger charge is -2.13. The van der Waals surface area contributed by atoms with Crippen molar-refractivity contribution < 1.29 is 8.42 Å². The Balaban J connectivity index is 2.08. The Hall–Kier alpha value is -1.34. The summed E-state index contributed by atoms with van der Waals surface area (Å²) in [5, 5.41) is 0. The first kappa shape index (κ1) is 20.4. The van der Waals surface area contributed by atoms with E-state index < -0.39 is 9.84 Å². The SMILES string of the molecule is CSc1ccc(Sc2ccc(S)cc2)cc1S(=O)(=O)c1cc(C)ccc1C. The molecule has 0 fully saturated rings. The zero-order valence-corrected chi connectivity index (χ0v) is 18.6. The van der Waals surface area contributed by atoms with Crippen molar-refractivity contribution in [1.82, 2.24) is 0 Å². The largest absolute Gasteiger partial charge is 0.218 e. The normalized spacial score (nSPS) is 11.6. The maximum absolute atomic E-state index is 13.4. The first-order chi connectivity index (χ1) is 12.8. The van der Waals surface area contributed by atoms with Gasteiger partial charge in [0.1, 0.15) is 0 Å². The fourth-order valence-electron chi connectivity index (χ4n) is 2.70. The first-order valence-corrected chi connectivity index (χ1v) is 12.3. The Morgan fingerprint density at radius 2 is 1.48 bits per heavy atom. The Morgan fingerprint density at radius 1 is 0.815 bits per heavy atom. The third-order valence-corrected chi connectivity index (χ3v) is 8.29. The summed E-state index contributed by atoms with van der Waals surface area (Å²) in [7, 11) is -3.60. The van der Waals surface area contributed by atoms with E-state index in [9.17, 15) is 8.42 Å². The van der Waals surface area contributed by atoms with E-state index in [4.69, 9.17) is 0 Å². The van der Waals surface area contributed by atoms with Gasteiger partial charge < -0.3 is 0 Å². The molecule has 3 aromatic rings. The van der Waals surface area contributed by atoms with Crippen LogP contribution in [0.25, 0.3) is 0 Å². The molecule has 0 radical (unpaired) electrons. The topological polar surface area (TPSA) is 34.1 Å². The van der Waals surface area contributed by atoms with Gasteiger partial charge in [-0.2, -0.15) is 0 Å². The summed E-state index contributed by atoms with van der Waals surface area (Å²) in [5.74, 6) is 0. The Bertz CT molecular complexity index is 1070. The fourth-order valence-corrected chi connectivity index (χ4v) is 6.51. The molecule has 140 valence electrons. The summed E-state index contributed by atoms with van der Waals surface area (Å²) < 4.78 is 26.8. The second kappa shape index (κ2) is 8.35. The highest BCUT2D eigenvalue weighted by molar-refractivity contribution is 8.00. The van der Waals surface area contributed by atoms with Crippen molar-refractivity contribution in [3.05, 3.63) is 71.8 Å². The molecule has 0 aliphatic heterocycles. The number of rotatable bonds is 5. The zero-order chi connectivity index (χ0) is 19.6. The zero-order valence-electron chi connectivity index (χ0n) is 15.3. The van der Waals surface area contributed by atoms with Gasteiger partial charge in [-0.15, -0.1) is 24.4 Å². The molecule has 0 heterocycles. The second-order valence-corrected chi connectivity index (χ2v) is 10.6. The van der Waals surface area contributed by atoms with Crippen molar-refractivity contribution in [3.63, 3.8) is 0 Å². The summed E-state index contributed by atoms with van der Waals surface area (Å²) >= 11 is 7.29. The minimum absolute atomic E-state index is 0.361. The molecular formula is C21H20O2S4. The highest BCUT2D eigenvalue weighted by atomic mass is 32.2. The maximum Gasteiger partial charge on any atom is 0.208 e. The number of hydrogen-bond acceptors (Lipinski definition) is 5. The molecule has 0 aliphatic rings. The number of aryl methyl sites for hydroxylation is 2. The molecule has 0 N–H and O–H groups in total. The lowest BCUT2D eigenvalue weighted by Crippen LogP contribution is -2.06. The van der Waals surface area contributed by atoms with Crippen molar-refractivity contribution in [3.8, 4) is 0 Å². The molecule has 6 heteroatoms. The van der Waals surface area contributed by atoms with Gasteiger partial charge in [-0.3, -0.25) is 0 Å². The van der Waals surface area contributed by atoms with E-state index in [0.29, 0.717) is 9.79 Å². The van der Waals surface area contributed by atoms with Gasteiger partial charge in [0.05, 0.1) is 9.79 Å². The number of hydrogen-bond donors (Lipinski definition) is 1. The molecule has 0 saturated heterocycles. The van der Waals surface area contributed by atoms with E-state index >= 15 is 0 Å². The van der Waals surface area contributed by atoms with Gasteiger partial charge in [0.15, 0.2) is 0 Å². The molecule has 0 saturated carbocycles. The van der Waals surface area contributed by atoms with Crippen LogP contribution in [0.4, 0.5) is 0 Å². The van der Waals surface area contributed by atoms with Crippen molar-refractivity contribution in [2.24, 2.45) is 0 Å². The summed E-state index contributed by atoms with van der Waals surface area (Å²) in [6.45, 7) is 3.74. The van der Waals surface area contributed by atoms with Gasteiger partial charge >= 0.3 is 0 Å². The predicted molar refractivity (Wildman–Crippen MR) is 117 cm³/mol. The third kappa shape index (κ3) is 4.57. The molecule has 3 aromatic carbocycles. The molecule has 0 amide bonds. The predicted octanol–water partition coefficient (Wildman–Crippen LogP) is 6.30. The third-order valence-electron chi connectivity index (χ3n) is 4.13.